The number of carbonyl (C=O) groups is 2. The lowest BCUT2D eigenvalue weighted by molar-refractivity contribution is -0.140. The normalized spacial score (nSPS) is 13.5. The highest BCUT2D eigenvalue weighted by Gasteiger charge is 2.23. The first-order valence-electron chi connectivity index (χ1n) is 7.32. The van der Waals surface area contributed by atoms with E-state index < -0.39 is 12.0 Å². The van der Waals surface area contributed by atoms with Gasteiger partial charge in [0.1, 0.15) is 6.04 Å². The van der Waals surface area contributed by atoms with Gasteiger partial charge < -0.3 is 10.4 Å². The molecule has 0 aliphatic heterocycles. The van der Waals surface area contributed by atoms with E-state index in [9.17, 15) is 9.59 Å². The van der Waals surface area contributed by atoms with Gasteiger partial charge in [-0.15, -0.1) is 0 Å². The van der Waals surface area contributed by atoms with Crippen LogP contribution in [-0.2, 0) is 16.0 Å². The van der Waals surface area contributed by atoms with Gasteiger partial charge in [0.15, 0.2) is 0 Å². The van der Waals surface area contributed by atoms with Crippen molar-refractivity contribution in [2.45, 2.75) is 39.7 Å². The van der Waals surface area contributed by atoms with Gasteiger partial charge in [-0.25, -0.2) is 0 Å². The molecule has 0 unspecified atom stereocenters. The van der Waals surface area contributed by atoms with Crippen LogP contribution in [0.5, 0.6) is 0 Å². The molecule has 3 N–H and O–H groups in total. The Morgan fingerprint density at radius 2 is 2.00 bits per heavy atom. The fourth-order valence-electron chi connectivity index (χ4n) is 2.04. The van der Waals surface area contributed by atoms with Crippen molar-refractivity contribution < 1.29 is 14.7 Å². The van der Waals surface area contributed by atoms with Crippen LogP contribution in [0.3, 0.4) is 0 Å². The third kappa shape index (κ3) is 5.55. The molecule has 0 aliphatic rings. The number of carbonyl (C=O) groups excluding carboxylic acids is 1. The summed E-state index contributed by atoms with van der Waals surface area (Å²) in [5, 5.41) is 14.7. The fraction of sp³-hybridized carbons (Fsp3) is 0.500. The van der Waals surface area contributed by atoms with Gasteiger partial charge in [0.2, 0.25) is 5.91 Å². The van der Waals surface area contributed by atoms with Crippen molar-refractivity contribution in [3.8, 4) is 0 Å². The lowest BCUT2D eigenvalue weighted by Gasteiger charge is -2.19. The molecule has 1 amide bonds. The van der Waals surface area contributed by atoms with Gasteiger partial charge in [0.25, 0.3) is 0 Å². The number of benzene rings is 1. The van der Waals surface area contributed by atoms with E-state index >= 15 is 0 Å². The molecule has 5 nitrogen and oxygen atoms in total. The summed E-state index contributed by atoms with van der Waals surface area (Å²) < 4.78 is 0. The van der Waals surface area contributed by atoms with E-state index in [-0.39, 0.29) is 18.4 Å². The molecule has 1 rings (SSSR count). The Labute approximate surface area is 125 Å². The maximum absolute atomic E-state index is 11.9. The number of aryl methyl sites for hydroxylation is 1. The number of rotatable bonds is 8. The molecule has 0 aliphatic carbocycles. The van der Waals surface area contributed by atoms with Gasteiger partial charge in [0.05, 0.1) is 6.54 Å². The van der Waals surface area contributed by atoms with Crippen LogP contribution in [0.25, 0.3) is 0 Å². The Morgan fingerprint density at radius 1 is 1.29 bits per heavy atom. The Balaban J connectivity index is 2.54. The first-order valence-corrected chi connectivity index (χ1v) is 7.32. The molecule has 1 aromatic rings. The predicted molar refractivity (Wildman–Crippen MR) is 83.3 cm³/mol. The van der Waals surface area contributed by atoms with Crippen LogP contribution >= 0.6 is 0 Å². The van der Waals surface area contributed by atoms with Crippen molar-refractivity contribution in [1.29, 1.82) is 0 Å². The number of hydrogen-bond donors (Lipinski definition) is 3. The van der Waals surface area contributed by atoms with Gasteiger partial charge >= 0.3 is 5.97 Å². The number of aliphatic carboxylic acids is 1. The second-order valence-electron chi connectivity index (χ2n) is 5.18. The minimum atomic E-state index is -0.926. The van der Waals surface area contributed by atoms with E-state index in [4.69, 9.17) is 5.11 Å². The summed E-state index contributed by atoms with van der Waals surface area (Å²) in [4.78, 5) is 23.0. The summed E-state index contributed by atoms with van der Waals surface area (Å²) in [7, 11) is 0. The Kier molecular flexibility index (Phi) is 6.88. The highest BCUT2D eigenvalue weighted by atomic mass is 16.4. The van der Waals surface area contributed by atoms with E-state index in [1.54, 1.807) is 0 Å². The maximum Gasteiger partial charge on any atom is 0.320 e. The third-order valence-electron chi connectivity index (χ3n) is 3.58. The highest BCUT2D eigenvalue weighted by molar-refractivity contribution is 5.92. The maximum atomic E-state index is 11.9. The summed E-state index contributed by atoms with van der Waals surface area (Å²) in [5.41, 5.74) is 1.88. The first-order chi connectivity index (χ1) is 9.97. The van der Waals surface area contributed by atoms with Crippen LogP contribution in [0.1, 0.15) is 32.8 Å². The average molecular weight is 292 g/mol. The standard InChI is InChI=1S/C16H24N2O3/c1-4-11(3)15(16(20)21)17-10-14(19)18-13-8-6-7-12(5-2)9-13/h6-9,11,15,17H,4-5,10H2,1-3H3,(H,18,19)(H,20,21)/t11-,15-/m0/s1. The van der Waals surface area contributed by atoms with Gasteiger partial charge in [-0.2, -0.15) is 0 Å². The molecule has 0 fully saturated rings. The summed E-state index contributed by atoms with van der Waals surface area (Å²) in [6.45, 7) is 5.82. The van der Waals surface area contributed by atoms with Gasteiger partial charge in [-0.1, -0.05) is 39.3 Å². The molecular weight excluding hydrogens is 268 g/mol. The molecule has 116 valence electrons. The SMILES string of the molecule is CCc1cccc(NC(=O)CN[C@H](C(=O)O)[C@@H](C)CC)c1. The molecule has 0 saturated carbocycles. The largest absolute Gasteiger partial charge is 0.480 e. The second-order valence-corrected chi connectivity index (χ2v) is 5.18. The Hall–Kier alpha value is -1.88. The zero-order chi connectivity index (χ0) is 15.8. The minimum Gasteiger partial charge on any atom is -0.480 e. The van der Waals surface area contributed by atoms with E-state index in [1.807, 2.05) is 45.0 Å². The fourth-order valence-corrected chi connectivity index (χ4v) is 2.04. The van der Waals surface area contributed by atoms with Crippen molar-refractivity contribution >= 4 is 17.6 Å². The van der Waals surface area contributed by atoms with Gasteiger partial charge in [0, 0.05) is 5.69 Å². The minimum absolute atomic E-state index is 0.0162. The predicted octanol–water partition coefficient (Wildman–Crippen LogP) is 2.28. The van der Waals surface area contributed by atoms with E-state index in [0.717, 1.165) is 24.1 Å². The molecule has 0 radical (unpaired) electrons. The molecule has 0 heterocycles. The number of carboxylic acid groups (broad SMARTS) is 1. The van der Waals surface area contributed by atoms with Crippen LogP contribution in [0.2, 0.25) is 0 Å². The molecule has 0 bridgehead atoms. The molecule has 0 aromatic heterocycles. The number of amides is 1. The van der Waals surface area contributed by atoms with Gasteiger partial charge in [-0.3, -0.25) is 14.9 Å². The number of carboxylic acids is 1. The quantitative estimate of drug-likeness (QED) is 0.687. The van der Waals surface area contributed by atoms with Crippen LogP contribution in [-0.4, -0.2) is 29.6 Å². The lowest BCUT2D eigenvalue weighted by Crippen LogP contribution is -2.45. The van der Waals surface area contributed by atoms with E-state index in [0.29, 0.717) is 0 Å². The molecule has 0 saturated heterocycles. The first kappa shape index (κ1) is 17.2. The van der Waals surface area contributed by atoms with Crippen LogP contribution in [0.4, 0.5) is 5.69 Å². The van der Waals surface area contributed by atoms with Gasteiger partial charge in [-0.05, 0) is 30.0 Å². The molecule has 5 heteroatoms. The topological polar surface area (TPSA) is 78.4 Å². The van der Waals surface area contributed by atoms with Crippen molar-refractivity contribution in [1.82, 2.24) is 5.32 Å². The second kappa shape index (κ2) is 8.42. The summed E-state index contributed by atoms with van der Waals surface area (Å²) in [6, 6.07) is 6.92. The molecule has 21 heavy (non-hydrogen) atoms. The summed E-state index contributed by atoms with van der Waals surface area (Å²) >= 11 is 0. The Bertz CT molecular complexity index is 488. The molecule has 1 aromatic carbocycles. The van der Waals surface area contributed by atoms with Crippen LogP contribution in [0, 0.1) is 5.92 Å². The summed E-state index contributed by atoms with van der Waals surface area (Å²) in [6.07, 6.45) is 1.64. The van der Waals surface area contributed by atoms with E-state index in [2.05, 4.69) is 10.6 Å². The molecule has 2 atom stereocenters. The average Bonchev–Trinajstić information content (AvgIpc) is 2.46. The highest BCUT2D eigenvalue weighted by Crippen LogP contribution is 2.11. The van der Waals surface area contributed by atoms with Crippen LogP contribution in [0.15, 0.2) is 24.3 Å². The number of anilines is 1. The zero-order valence-corrected chi connectivity index (χ0v) is 12.8. The Morgan fingerprint density at radius 3 is 2.57 bits per heavy atom. The number of hydrogen-bond acceptors (Lipinski definition) is 3. The smallest absolute Gasteiger partial charge is 0.320 e. The van der Waals surface area contributed by atoms with Crippen molar-refractivity contribution in [3.05, 3.63) is 29.8 Å². The lowest BCUT2D eigenvalue weighted by atomic mass is 9.99. The molecular formula is C16H24N2O3. The summed E-state index contributed by atoms with van der Waals surface area (Å²) in [5.74, 6) is -1.19. The zero-order valence-electron chi connectivity index (χ0n) is 12.8. The van der Waals surface area contributed by atoms with Crippen molar-refractivity contribution in [3.63, 3.8) is 0 Å². The molecule has 0 spiro atoms. The number of nitrogens with one attached hydrogen (secondary N) is 2. The van der Waals surface area contributed by atoms with Crippen LogP contribution < -0.4 is 10.6 Å². The van der Waals surface area contributed by atoms with E-state index in [1.165, 1.54) is 0 Å². The van der Waals surface area contributed by atoms with Crippen molar-refractivity contribution in [2.75, 3.05) is 11.9 Å². The monoisotopic (exact) mass is 292 g/mol. The van der Waals surface area contributed by atoms with Crippen molar-refractivity contribution in [2.24, 2.45) is 5.92 Å². The third-order valence-corrected chi connectivity index (χ3v) is 3.58.